The number of methoxy groups -OCH3 is 1. The second-order valence-electron chi connectivity index (χ2n) is 9.28. The molecule has 0 heterocycles. The normalized spacial score (nSPS) is 44.5. The maximum absolute atomic E-state index is 11.8. The van der Waals surface area contributed by atoms with Crippen LogP contribution in [0.1, 0.15) is 121 Å². The Morgan fingerprint density at radius 3 is 1.49 bits per heavy atom. The van der Waals surface area contributed by atoms with Crippen molar-refractivity contribution in [2.24, 2.45) is 0 Å². The van der Waals surface area contributed by atoms with Gasteiger partial charge in [-0.25, -0.2) is 0 Å². The van der Waals surface area contributed by atoms with Crippen LogP contribution >= 0.6 is 0 Å². The first kappa shape index (κ1) is 11.6. The Balaban J connectivity index is 0.000000343. The van der Waals surface area contributed by atoms with Crippen molar-refractivity contribution in [3.8, 4) is 11.5 Å². The first-order valence-electron chi connectivity index (χ1n) is 24.4. The van der Waals surface area contributed by atoms with Gasteiger partial charge in [-0.3, -0.25) is 0 Å². The third-order valence-corrected chi connectivity index (χ3v) is 5.58. The quantitative estimate of drug-likeness (QED) is 0.359. The van der Waals surface area contributed by atoms with Gasteiger partial charge in [-0.1, -0.05) is 62.5 Å². The molecule has 3 N–H and O–H groups in total. The van der Waals surface area contributed by atoms with Crippen LogP contribution in [0, 0.1) is 0 Å². The maximum atomic E-state index is 11.8. The third-order valence-electron chi connectivity index (χ3n) is 5.58. The summed E-state index contributed by atoms with van der Waals surface area (Å²) in [7, 11) is 2.91. The van der Waals surface area contributed by atoms with Crippen molar-refractivity contribution >= 4 is 0 Å². The highest BCUT2D eigenvalue weighted by Crippen LogP contribution is 2.41. The lowest BCUT2D eigenvalue weighted by atomic mass is 9.72. The molecule has 2 fully saturated rings. The highest BCUT2D eigenvalue weighted by Gasteiger charge is 2.40. The average molecular weight is 566 g/mol. The Labute approximate surface area is 271 Å². The van der Waals surface area contributed by atoms with Crippen molar-refractivity contribution in [2.45, 2.75) is 86.7 Å². The van der Waals surface area contributed by atoms with Gasteiger partial charge in [-0.05, 0) is 89.1 Å². The minimum Gasteiger partial charge on any atom is -0.508 e. The molecule has 6 heteroatoms. The number of benzene rings is 2. The lowest BCUT2D eigenvalue weighted by Gasteiger charge is -2.40. The first-order valence-corrected chi connectivity index (χ1v) is 11.9. The molecule has 0 spiro atoms. The van der Waals surface area contributed by atoms with Crippen LogP contribution in [0.3, 0.4) is 0 Å². The summed E-state index contributed by atoms with van der Waals surface area (Å²) in [6.45, 7) is -1.21. The standard InChI is InChI=1S/C17H27NO2.C16H25NO2/c1-18(2)13-16(17(19)11-5-4-6-12-17)14-7-9-15(20-3)10-8-14;1-17(2)12-15(13-6-8-14(18)9-7-13)16(19)10-4-3-5-11-16/h7-10,16,19H,4-6,11-13H2,1-3H3;6-9,15,18-19H,3-5,10-12H2,1-2H3/i3D3,4D2,5D2,6D2,11D2,12D2,16D;3D2,4D2,5D2,10D2,11D2,15D. The highest BCUT2D eigenvalue weighted by molar-refractivity contribution is 5.32. The number of likely N-dealkylation sites (N-methyl/N-ethyl adjacent to an activating group) is 2. The Hall–Kier alpha value is -2.12. The molecule has 6 nitrogen and oxygen atoms in total. The van der Waals surface area contributed by atoms with E-state index in [9.17, 15) is 15.3 Å². The summed E-state index contributed by atoms with van der Waals surface area (Å²) < 4.78 is 208. The molecule has 0 aromatic heterocycles. The van der Waals surface area contributed by atoms with Gasteiger partial charge in [0.1, 0.15) is 11.5 Å². The molecule has 4 rings (SSSR count). The van der Waals surface area contributed by atoms with E-state index in [0.29, 0.717) is 0 Å². The Bertz CT molecular complexity index is 1950. The van der Waals surface area contributed by atoms with Gasteiger partial charge >= 0.3 is 0 Å². The summed E-state index contributed by atoms with van der Waals surface area (Å²) in [4.78, 5) is 2.59. The fourth-order valence-electron chi connectivity index (χ4n) is 3.76. The summed E-state index contributed by atoms with van der Waals surface area (Å²) in [5.41, 5.74) is -8.00. The summed E-state index contributed by atoms with van der Waals surface area (Å²) in [6, 6.07) is 8.80. The minimum atomic E-state index is -3.83. The smallest absolute Gasteiger partial charge is 0.118 e. The van der Waals surface area contributed by atoms with Gasteiger partial charge in [0.25, 0.3) is 0 Å². The van der Waals surface area contributed by atoms with Crippen LogP contribution in [0.25, 0.3) is 0 Å². The lowest BCUT2D eigenvalue weighted by molar-refractivity contribution is -0.0280. The van der Waals surface area contributed by atoms with Crippen molar-refractivity contribution in [2.75, 3.05) is 48.3 Å². The number of hydrogen-bond acceptors (Lipinski definition) is 6. The molecule has 2 atom stereocenters. The van der Waals surface area contributed by atoms with Crippen LogP contribution in [0.2, 0.25) is 0 Å². The Morgan fingerprint density at radius 1 is 0.744 bits per heavy atom. The second kappa shape index (κ2) is 14.5. The molecule has 0 radical (unpaired) electrons. The van der Waals surface area contributed by atoms with E-state index in [2.05, 4.69) is 0 Å². The van der Waals surface area contributed by atoms with E-state index in [0.717, 1.165) is 48.5 Å². The van der Waals surface area contributed by atoms with Crippen LogP contribution in [0.5, 0.6) is 11.5 Å². The predicted octanol–water partition coefficient (Wildman–Crippen LogP) is 5.77. The van der Waals surface area contributed by atoms with E-state index in [-0.39, 0.29) is 22.6 Å². The van der Waals surface area contributed by atoms with Crippen LogP contribution in [0.15, 0.2) is 48.5 Å². The second-order valence-corrected chi connectivity index (χ2v) is 9.28. The Kier molecular flexibility index (Phi) is 4.32. The SMILES string of the molecule is [2H]C(CN(C)C)(c1ccc(O)cc1)C1(O)C([2H])([2H])C([2H])([2H])C([2H])([2H])C([2H])([2H])C1([2H])[2H].[2H]C([2H])([2H])Oc1ccc(C([2H])(CN(C)C)C2(O)C([2H])([2H])C([2H])([2H])C([2H])([2H])C([2H])([2H])C2([2H])[2H])cc1. The van der Waals surface area contributed by atoms with Gasteiger partial charge in [0.2, 0.25) is 0 Å². The van der Waals surface area contributed by atoms with Gasteiger partial charge in [-0.2, -0.15) is 0 Å². The van der Waals surface area contributed by atoms with E-state index >= 15 is 0 Å². The van der Waals surface area contributed by atoms with Crippen molar-refractivity contribution in [1.82, 2.24) is 9.80 Å². The molecular weight excluding hydrogens is 488 g/mol. The molecule has 39 heavy (non-hydrogen) atoms. The zero-order chi connectivity index (χ0) is 50.7. The summed E-state index contributed by atoms with van der Waals surface area (Å²) in [5, 5.41) is 33.0. The highest BCUT2D eigenvalue weighted by atomic mass is 16.5. The number of ether oxygens (including phenoxy) is 1. The minimum absolute atomic E-state index is 0.181. The zero-order valence-corrected chi connectivity index (χ0v) is 22.2. The van der Waals surface area contributed by atoms with Gasteiger partial charge in [-0.15, -0.1) is 0 Å². The largest absolute Gasteiger partial charge is 0.508 e. The van der Waals surface area contributed by atoms with E-state index in [1.807, 2.05) is 0 Å². The van der Waals surface area contributed by atoms with Crippen molar-refractivity contribution in [3.05, 3.63) is 59.7 Å². The molecule has 2 aromatic carbocycles. The molecule has 0 amide bonds. The topological polar surface area (TPSA) is 76.4 Å². The molecule has 0 aliphatic heterocycles. The Morgan fingerprint density at radius 2 is 1.13 bits per heavy atom. The molecular formula is C33H52N2O4. The van der Waals surface area contributed by atoms with Gasteiger partial charge in [0.15, 0.2) is 0 Å². The summed E-state index contributed by atoms with van der Waals surface area (Å²) >= 11 is 0. The number of phenols is 1. The maximum Gasteiger partial charge on any atom is 0.118 e. The van der Waals surface area contributed by atoms with Crippen molar-refractivity contribution in [3.63, 3.8) is 0 Å². The lowest BCUT2D eigenvalue weighted by Crippen LogP contribution is -2.42. The van der Waals surface area contributed by atoms with Crippen LogP contribution in [-0.4, -0.2) is 84.6 Å². The van der Waals surface area contributed by atoms with Crippen LogP contribution in [0.4, 0.5) is 0 Å². The fraction of sp³-hybridized carbons (Fsp3) is 0.636. The van der Waals surface area contributed by atoms with Crippen LogP contribution in [-0.2, 0) is 0 Å². The van der Waals surface area contributed by atoms with Gasteiger partial charge in [0, 0.05) is 55.0 Å². The summed E-state index contributed by atoms with van der Waals surface area (Å²) in [5.74, 6) is -5.94. The molecule has 2 aromatic rings. The van der Waals surface area contributed by atoms with E-state index < -0.39 is 107 Å². The predicted molar refractivity (Wildman–Crippen MR) is 160 cm³/mol. The summed E-state index contributed by atoms with van der Waals surface area (Å²) in [6.07, 6.45) is -37.6. The molecule has 2 unspecified atom stereocenters. The fourth-order valence-corrected chi connectivity index (χ4v) is 3.76. The van der Waals surface area contributed by atoms with E-state index in [1.54, 1.807) is 0 Å². The molecule has 0 saturated heterocycles. The molecule has 218 valence electrons. The number of rotatable bonds is 9. The van der Waals surface area contributed by atoms with Gasteiger partial charge in [0.05, 0.1) is 22.4 Å². The van der Waals surface area contributed by atoms with Crippen LogP contribution < -0.4 is 4.74 Å². The third kappa shape index (κ3) is 8.94. The molecule has 2 aliphatic carbocycles. The number of nitrogens with zero attached hydrogens (tertiary/aromatic N) is 2. The average Bonchev–Trinajstić information content (AvgIpc) is 3.11. The monoisotopic (exact) mass is 566 g/mol. The number of hydrogen-bond donors (Lipinski definition) is 3. The number of aromatic hydroxyl groups is 1. The van der Waals surface area contributed by atoms with E-state index in [4.69, 9.17) is 39.0 Å². The molecule has 0 bridgehead atoms. The van der Waals surface area contributed by atoms with E-state index in [1.165, 1.54) is 38.0 Å². The first-order chi connectivity index (χ1) is 28.0. The zero-order valence-electron chi connectivity index (χ0n) is 47.2. The van der Waals surface area contributed by atoms with Crippen molar-refractivity contribution in [1.29, 1.82) is 0 Å². The number of aliphatic hydroxyl groups is 2. The molecule has 2 aliphatic rings. The molecule has 2 saturated carbocycles. The van der Waals surface area contributed by atoms with Crippen molar-refractivity contribution < 1.29 is 54.3 Å². The number of phenolic OH excluding ortho intramolecular Hbond substituents is 1. The van der Waals surface area contributed by atoms with Gasteiger partial charge < -0.3 is 29.9 Å².